The summed E-state index contributed by atoms with van der Waals surface area (Å²) < 4.78 is 0. The van der Waals surface area contributed by atoms with Crippen LogP contribution in [0.2, 0.25) is 0 Å². The highest BCUT2D eigenvalue weighted by Gasteiger charge is 2.50. The lowest BCUT2D eigenvalue weighted by Crippen LogP contribution is -2.35. The second-order valence-corrected chi connectivity index (χ2v) is 4.92. The number of hydrogen-bond donors (Lipinski definition) is 0. The molecule has 0 radical (unpaired) electrons. The van der Waals surface area contributed by atoms with E-state index in [4.69, 9.17) is 0 Å². The maximum absolute atomic E-state index is 9.61. The van der Waals surface area contributed by atoms with Gasteiger partial charge in [-0.3, -0.25) is 0 Å². The van der Waals surface area contributed by atoms with Crippen LogP contribution in [0, 0.1) is 17.2 Å². The third kappa shape index (κ3) is 1.48. The number of nitriles is 1. The molecule has 2 aliphatic rings. The molecule has 0 N–H and O–H groups in total. The summed E-state index contributed by atoms with van der Waals surface area (Å²) in [7, 11) is 0. The fourth-order valence-electron chi connectivity index (χ4n) is 3.11. The lowest BCUT2D eigenvalue weighted by atomic mass is 9.71. The van der Waals surface area contributed by atoms with Crippen molar-refractivity contribution in [3.05, 3.63) is 35.9 Å². The summed E-state index contributed by atoms with van der Waals surface area (Å²) in [5.41, 5.74) is 0.285. The van der Waals surface area contributed by atoms with Gasteiger partial charge in [-0.2, -0.15) is 15.5 Å². The van der Waals surface area contributed by atoms with E-state index in [0.717, 1.165) is 18.4 Å². The number of azo groups is 1. The smallest absolute Gasteiger partial charge is 0.195 e. The van der Waals surface area contributed by atoms with Crippen LogP contribution in [0.25, 0.3) is 0 Å². The van der Waals surface area contributed by atoms with Crippen LogP contribution >= 0.6 is 0 Å². The summed E-state index contributed by atoms with van der Waals surface area (Å²) in [4.78, 5) is 0. The van der Waals surface area contributed by atoms with Gasteiger partial charge in [-0.05, 0) is 18.4 Å². The molecule has 0 unspecified atom stereocenters. The van der Waals surface area contributed by atoms with E-state index >= 15 is 0 Å². The summed E-state index contributed by atoms with van der Waals surface area (Å²) in [5.74, 6) is 0.281. The molecule has 1 fully saturated rings. The summed E-state index contributed by atoms with van der Waals surface area (Å²) in [6.07, 6.45) is 4.57. The Hall–Kier alpha value is -1.69. The third-order valence-electron chi connectivity index (χ3n) is 4.01. The van der Waals surface area contributed by atoms with Crippen molar-refractivity contribution in [2.24, 2.45) is 16.1 Å². The zero-order valence-corrected chi connectivity index (χ0v) is 9.71. The Balaban J connectivity index is 2.04. The molecule has 86 valence electrons. The molecule has 1 aliphatic carbocycles. The molecule has 17 heavy (non-hydrogen) atoms. The minimum atomic E-state index is -0.716. The highest BCUT2D eigenvalue weighted by Crippen LogP contribution is 2.47. The average molecular weight is 225 g/mol. The first-order valence-corrected chi connectivity index (χ1v) is 6.25. The van der Waals surface area contributed by atoms with E-state index in [2.05, 4.69) is 16.3 Å². The van der Waals surface area contributed by atoms with Gasteiger partial charge in [0.1, 0.15) is 6.07 Å². The van der Waals surface area contributed by atoms with Crippen LogP contribution < -0.4 is 0 Å². The predicted octanol–water partition coefficient (Wildman–Crippen LogP) is 3.43. The summed E-state index contributed by atoms with van der Waals surface area (Å²) >= 11 is 0. The standard InChI is InChI=1S/C14H15N3/c15-10-14(11-6-2-1-3-7-11)12-8-4-5-9-13(12)16-17-14/h1-3,6-7,12-13H,4-5,8-9H2/t12-,13+,14+/m1/s1. The molecule has 0 aromatic heterocycles. The van der Waals surface area contributed by atoms with E-state index in [1.807, 2.05) is 30.3 Å². The fraction of sp³-hybridized carbons (Fsp3) is 0.500. The molecule has 1 heterocycles. The van der Waals surface area contributed by atoms with Crippen molar-refractivity contribution in [1.29, 1.82) is 5.26 Å². The van der Waals surface area contributed by atoms with Crippen LogP contribution in [-0.4, -0.2) is 6.04 Å². The molecule has 3 rings (SSSR count). The van der Waals surface area contributed by atoms with Gasteiger partial charge in [0, 0.05) is 5.92 Å². The summed E-state index contributed by atoms with van der Waals surface area (Å²) in [6.45, 7) is 0. The second kappa shape index (κ2) is 3.96. The first-order valence-electron chi connectivity index (χ1n) is 6.25. The topological polar surface area (TPSA) is 48.5 Å². The summed E-state index contributed by atoms with van der Waals surface area (Å²) in [6, 6.07) is 12.6. The second-order valence-electron chi connectivity index (χ2n) is 4.92. The average Bonchev–Trinajstić information content (AvgIpc) is 2.80. The summed E-state index contributed by atoms with van der Waals surface area (Å²) in [5, 5.41) is 18.3. The SMILES string of the molecule is N#C[C@@]1(c2ccccc2)N=N[C@H]2CCCC[C@H]21. The molecule has 1 saturated carbocycles. The number of benzene rings is 1. The molecule has 1 aromatic rings. The minimum absolute atomic E-state index is 0.267. The van der Waals surface area contributed by atoms with E-state index in [0.29, 0.717) is 0 Å². The van der Waals surface area contributed by atoms with Crippen molar-refractivity contribution in [3.63, 3.8) is 0 Å². The van der Waals surface area contributed by atoms with Gasteiger partial charge < -0.3 is 0 Å². The number of rotatable bonds is 1. The lowest BCUT2D eigenvalue weighted by Gasteiger charge is -2.31. The maximum Gasteiger partial charge on any atom is 0.197 e. The van der Waals surface area contributed by atoms with Crippen LogP contribution in [-0.2, 0) is 5.54 Å². The van der Waals surface area contributed by atoms with Gasteiger partial charge in [0.25, 0.3) is 0 Å². The molecule has 0 spiro atoms. The van der Waals surface area contributed by atoms with Crippen LogP contribution in [0.4, 0.5) is 0 Å². The van der Waals surface area contributed by atoms with E-state index in [9.17, 15) is 5.26 Å². The van der Waals surface area contributed by atoms with Gasteiger partial charge in [-0.1, -0.05) is 43.2 Å². The molecule has 3 heteroatoms. The molecule has 3 atom stereocenters. The van der Waals surface area contributed by atoms with Crippen LogP contribution in [0.3, 0.4) is 0 Å². The van der Waals surface area contributed by atoms with Crippen LogP contribution in [0.15, 0.2) is 40.6 Å². The molecular formula is C14H15N3. The van der Waals surface area contributed by atoms with E-state index in [1.165, 1.54) is 12.8 Å². The zero-order chi connectivity index (χ0) is 11.7. The van der Waals surface area contributed by atoms with E-state index in [1.54, 1.807) is 0 Å². The number of fused-ring (bicyclic) bond motifs is 1. The van der Waals surface area contributed by atoms with Gasteiger partial charge in [0.05, 0.1) is 6.04 Å². The van der Waals surface area contributed by atoms with Crippen molar-refractivity contribution >= 4 is 0 Å². The van der Waals surface area contributed by atoms with Crippen molar-refractivity contribution in [2.75, 3.05) is 0 Å². The van der Waals surface area contributed by atoms with E-state index in [-0.39, 0.29) is 12.0 Å². The fourth-order valence-corrected chi connectivity index (χ4v) is 3.11. The molecule has 0 bridgehead atoms. The Morgan fingerprint density at radius 1 is 1.18 bits per heavy atom. The number of nitrogens with zero attached hydrogens (tertiary/aromatic N) is 3. The highest BCUT2D eigenvalue weighted by molar-refractivity contribution is 5.35. The Labute approximate surface area is 101 Å². The van der Waals surface area contributed by atoms with Crippen LogP contribution in [0.1, 0.15) is 31.2 Å². The molecular weight excluding hydrogens is 210 g/mol. The zero-order valence-electron chi connectivity index (χ0n) is 9.71. The van der Waals surface area contributed by atoms with Crippen molar-refractivity contribution in [1.82, 2.24) is 0 Å². The van der Waals surface area contributed by atoms with Gasteiger partial charge in [0.15, 0.2) is 5.54 Å². The predicted molar refractivity (Wildman–Crippen MR) is 64.3 cm³/mol. The molecule has 0 amide bonds. The minimum Gasteiger partial charge on any atom is -0.195 e. The Morgan fingerprint density at radius 3 is 2.71 bits per heavy atom. The molecule has 1 aliphatic heterocycles. The molecule has 0 saturated heterocycles. The lowest BCUT2D eigenvalue weighted by molar-refractivity contribution is 0.268. The Morgan fingerprint density at radius 2 is 1.94 bits per heavy atom. The van der Waals surface area contributed by atoms with Gasteiger partial charge in [-0.25, -0.2) is 0 Å². The quantitative estimate of drug-likeness (QED) is 0.722. The normalized spacial score (nSPS) is 35.2. The molecule has 1 aromatic carbocycles. The highest BCUT2D eigenvalue weighted by atomic mass is 15.2. The van der Waals surface area contributed by atoms with Crippen molar-refractivity contribution in [3.8, 4) is 6.07 Å². The monoisotopic (exact) mass is 225 g/mol. The molecule has 3 nitrogen and oxygen atoms in total. The van der Waals surface area contributed by atoms with Gasteiger partial charge >= 0.3 is 0 Å². The third-order valence-corrected chi connectivity index (χ3v) is 4.01. The van der Waals surface area contributed by atoms with Gasteiger partial charge in [0.2, 0.25) is 0 Å². The largest absolute Gasteiger partial charge is 0.197 e. The maximum atomic E-state index is 9.61. The van der Waals surface area contributed by atoms with Crippen molar-refractivity contribution < 1.29 is 0 Å². The van der Waals surface area contributed by atoms with Crippen LogP contribution in [0.5, 0.6) is 0 Å². The first-order chi connectivity index (χ1) is 8.37. The Kier molecular flexibility index (Phi) is 2.44. The first kappa shape index (κ1) is 10.5. The van der Waals surface area contributed by atoms with E-state index < -0.39 is 5.54 Å². The Bertz CT molecular complexity index is 474. The van der Waals surface area contributed by atoms with Gasteiger partial charge in [-0.15, -0.1) is 0 Å². The van der Waals surface area contributed by atoms with Crippen molar-refractivity contribution in [2.45, 2.75) is 37.3 Å². The number of hydrogen-bond acceptors (Lipinski definition) is 3.